The van der Waals surface area contributed by atoms with Crippen molar-refractivity contribution >= 4 is 38.7 Å². The third-order valence-corrected chi connectivity index (χ3v) is 9.01. The van der Waals surface area contributed by atoms with Crippen molar-refractivity contribution in [2.75, 3.05) is 0 Å². The summed E-state index contributed by atoms with van der Waals surface area (Å²) in [4.78, 5) is 30.4. The molecule has 3 fully saturated rings. The van der Waals surface area contributed by atoms with Gasteiger partial charge in [0, 0.05) is 21.0 Å². The number of fused-ring (bicyclic) bond motifs is 4. The number of benzene rings is 3. The van der Waals surface area contributed by atoms with Gasteiger partial charge in [-0.1, -0.05) is 64.5 Å². The minimum absolute atomic E-state index is 0.102. The molecule has 218 valence electrons. The van der Waals surface area contributed by atoms with Gasteiger partial charge in [-0.25, -0.2) is 4.98 Å². The van der Waals surface area contributed by atoms with Crippen LogP contribution in [-0.2, 0) is 4.79 Å². The Balaban J connectivity index is 0.000000300. The van der Waals surface area contributed by atoms with Crippen LogP contribution in [0.25, 0.3) is 22.2 Å². The molecule has 2 bridgehead atoms. The van der Waals surface area contributed by atoms with E-state index in [4.69, 9.17) is 4.98 Å². The molecule has 9 heteroatoms. The molecule has 0 atom stereocenters. The van der Waals surface area contributed by atoms with Crippen LogP contribution in [0.2, 0.25) is 0 Å². The van der Waals surface area contributed by atoms with E-state index in [1.807, 2.05) is 55.5 Å². The second-order valence-electron chi connectivity index (χ2n) is 11.0. The number of aromatic nitrogens is 1. The fourth-order valence-corrected chi connectivity index (χ4v) is 6.46. The number of carbonyl (C=O) groups is 2. The summed E-state index contributed by atoms with van der Waals surface area (Å²) in [7, 11) is 0. The first kappa shape index (κ1) is 29.6. The second kappa shape index (κ2) is 12.2. The third-order valence-electron chi connectivity index (χ3n) is 8.51. The van der Waals surface area contributed by atoms with Crippen LogP contribution in [0.3, 0.4) is 0 Å². The van der Waals surface area contributed by atoms with Crippen molar-refractivity contribution in [2.45, 2.75) is 57.6 Å². The van der Waals surface area contributed by atoms with E-state index in [2.05, 4.69) is 26.0 Å². The summed E-state index contributed by atoms with van der Waals surface area (Å²) >= 11 is 3.54. The van der Waals surface area contributed by atoms with E-state index in [0.29, 0.717) is 44.1 Å². The molecular formula is C33H31BrF2N2O4. The van der Waals surface area contributed by atoms with Gasteiger partial charge in [0.2, 0.25) is 0 Å². The van der Waals surface area contributed by atoms with Crippen molar-refractivity contribution in [3.8, 4) is 17.0 Å². The zero-order valence-corrected chi connectivity index (χ0v) is 24.7. The number of carbonyl (C=O) groups excluding carboxylic acids is 1. The summed E-state index contributed by atoms with van der Waals surface area (Å²) in [5.41, 5.74) is 3.13. The SMILES string of the molecule is Cc1c(-c2ccccc2)nc2ccc(Br)cc2c1C(=O)NC12CCC(C(=O)O)(CC1)CC2.FC(F)Oc1ccccc1. The highest BCUT2D eigenvalue weighted by Crippen LogP contribution is 2.52. The molecule has 0 aliphatic heterocycles. The highest BCUT2D eigenvalue weighted by atomic mass is 79.9. The first-order valence-electron chi connectivity index (χ1n) is 13.8. The first-order chi connectivity index (χ1) is 20.1. The number of nitrogens with zero attached hydrogens (tertiary/aromatic N) is 1. The fraction of sp³-hybridized carbons (Fsp3) is 0.303. The zero-order chi connectivity index (χ0) is 29.9. The van der Waals surface area contributed by atoms with Crippen LogP contribution in [0.5, 0.6) is 5.75 Å². The number of carboxylic acids is 1. The summed E-state index contributed by atoms with van der Waals surface area (Å²) in [6.45, 7) is -0.776. The number of halogens is 3. The van der Waals surface area contributed by atoms with Crippen molar-refractivity contribution in [2.24, 2.45) is 5.41 Å². The summed E-state index contributed by atoms with van der Waals surface area (Å²) < 4.78 is 28.0. The minimum atomic E-state index is -2.73. The van der Waals surface area contributed by atoms with E-state index in [0.717, 1.165) is 32.2 Å². The second-order valence-corrected chi connectivity index (χ2v) is 11.9. The van der Waals surface area contributed by atoms with Gasteiger partial charge in [-0.2, -0.15) is 8.78 Å². The monoisotopic (exact) mass is 636 g/mol. The van der Waals surface area contributed by atoms with Crippen molar-refractivity contribution < 1.29 is 28.2 Å². The fourth-order valence-electron chi connectivity index (χ4n) is 6.10. The van der Waals surface area contributed by atoms with Crippen LogP contribution >= 0.6 is 15.9 Å². The lowest BCUT2D eigenvalue weighted by molar-refractivity contribution is -0.156. The molecular weight excluding hydrogens is 606 g/mol. The number of aliphatic carboxylic acids is 1. The Hall–Kier alpha value is -3.85. The minimum Gasteiger partial charge on any atom is -0.481 e. The van der Waals surface area contributed by atoms with Gasteiger partial charge in [-0.05, 0) is 81.3 Å². The number of rotatable bonds is 6. The van der Waals surface area contributed by atoms with Crippen molar-refractivity contribution in [3.63, 3.8) is 0 Å². The van der Waals surface area contributed by atoms with Crippen molar-refractivity contribution in [1.29, 1.82) is 0 Å². The van der Waals surface area contributed by atoms with E-state index < -0.39 is 18.0 Å². The number of pyridine rings is 1. The number of hydrogen-bond acceptors (Lipinski definition) is 4. The first-order valence-corrected chi connectivity index (χ1v) is 14.6. The van der Waals surface area contributed by atoms with Crippen LogP contribution in [0.4, 0.5) is 8.78 Å². The largest absolute Gasteiger partial charge is 0.481 e. The van der Waals surface area contributed by atoms with Gasteiger partial charge in [0.1, 0.15) is 5.75 Å². The van der Waals surface area contributed by atoms with Crippen molar-refractivity contribution in [3.05, 3.63) is 94.5 Å². The van der Waals surface area contributed by atoms with Crippen LogP contribution < -0.4 is 10.1 Å². The molecule has 0 radical (unpaired) electrons. The Morgan fingerprint density at radius 1 is 0.929 bits per heavy atom. The number of ether oxygens (including phenoxy) is 1. The van der Waals surface area contributed by atoms with Gasteiger partial charge < -0.3 is 15.2 Å². The molecule has 6 nitrogen and oxygen atoms in total. The van der Waals surface area contributed by atoms with Crippen LogP contribution in [0.15, 0.2) is 83.3 Å². The molecule has 0 spiro atoms. The number of amides is 1. The Bertz CT molecular complexity index is 1570. The molecule has 1 heterocycles. The van der Waals surface area contributed by atoms with Gasteiger partial charge in [-0.15, -0.1) is 0 Å². The molecule has 1 amide bonds. The molecule has 4 aromatic rings. The molecule has 0 saturated heterocycles. The molecule has 3 saturated carbocycles. The maximum absolute atomic E-state index is 13.8. The molecule has 42 heavy (non-hydrogen) atoms. The predicted molar refractivity (Wildman–Crippen MR) is 161 cm³/mol. The summed E-state index contributed by atoms with van der Waals surface area (Å²) in [5.74, 6) is -0.599. The summed E-state index contributed by atoms with van der Waals surface area (Å²) in [6, 6.07) is 23.7. The number of carboxylic acid groups (broad SMARTS) is 1. The van der Waals surface area contributed by atoms with Gasteiger partial charge in [-0.3, -0.25) is 9.59 Å². The number of para-hydroxylation sites is 1. The maximum Gasteiger partial charge on any atom is 0.387 e. The normalized spacial score (nSPS) is 21.0. The van der Waals surface area contributed by atoms with Gasteiger partial charge in [0.05, 0.1) is 22.2 Å². The molecule has 2 N–H and O–H groups in total. The van der Waals surface area contributed by atoms with Crippen LogP contribution in [-0.4, -0.2) is 34.1 Å². The maximum atomic E-state index is 13.8. The summed E-state index contributed by atoms with van der Waals surface area (Å²) in [5, 5.41) is 13.8. The van der Waals surface area contributed by atoms with E-state index >= 15 is 0 Å². The number of hydrogen-bond donors (Lipinski definition) is 2. The average Bonchev–Trinajstić information content (AvgIpc) is 2.98. The highest BCUT2D eigenvalue weighted by Gasteiger charge is 2.53. The highest BCUT2D eigenvalue weighted by molar-refractivity contribution is 9.10. The van der Waals surface area contributed by atoms with Gasteiger partial charge in [0.25, 0.3) is 5.91 Å². The molecule has 3 aliphatic carbocycles. The molecule has 1 aromatic heterocycles. The van der Waals surface area contributed by atoms with Crippen molar-refractivity contribution in [1.82, 2.24) is 10.3 Å². The van der Waals surface area contributed by atoms with E-state index in [1.165, 1.54) is 12.1 Å². The lowest BCUT2D eigenvalue weighted by Crippen LogP contribution is -2.58. The topological polar surface area (TPSA) is 88.5 Å². The zero-order valence-electron chi connectivity index (χ0n) is 23.1. The Kier molecular flexibility index (Phi) is 8.59. The molecule has 3 aliphatic rings. The molecule has 3 aromatic carbocycles. The van der Waals surface area contributed by atoms with E-state index in [9.17, 15) is 23.5 Å². The van der Waals surface area contributed by atoms with Crippen LogP contribution in [0, 0.1) is 12.3 Å². The van der Waals surface area contributed by atoms with Gasteiger partial charge in [0.15, 0.2) is 0 Å². The Morgan fingerprint density at radius 2 is 1.52 bits per heavy atom. The Morgan fingerprint density at radius 3 is 2.10 bits per heavy atom. The average molecular weight is 638 g/mol. The summed E-state index contributed by atoms with van der Waals surface area (Å²) in [6.07, 6.45) is 4.01. The Labute approximate surface area is 251 Å². The smallest absolute Gasteiger partial charge is 0.387 e. The van der Waals surface area contributed by atoms with Gasteiger partial charge >= 0.3 is 12.6 Å². The van der Waals surface area contributed by atoms with E-state index in [-0.39, 0.29) is 17.2 Å². The molecule has 0 unspecified atom stereocenters. The van der Waals surface area contributed by atoms with E-state index in [1.54, 1.807) is 18.2 Å². The lowest BCUT2D eigenvalue weighted by Gasteiger charge is -2.51. The standard InChI is InChI=1S/C26H25BrN2O3.C7H6F2O/c1-16-21(23(30)29-26-12-9-25(10-13-26,11-14-26)24(31)32)19-15-18(27)7-8-20(19)28-22(16)17-5-3-2-4-6-17;8-7(9)10-6-4-2-1-3-5-6/h2-8,15H,9-14H2,1H3,(H,29,30)(H,31,32);1-5,7H. The lowest BCUT2D eigenvalue weighted by atomic mass is 9.57. The molecule has 7 rings (SSSR count). The number of nitrogens with one attached hydrogen (secondary N) is 1. The predicted octanol–water partition coefficient (Wildman–Crippen LogP) is 8.17. The third kappa shape index (κ3) is 6.16. The van der Waals surface area contributed by atoms with Crippen LogP contribution in [0.1, 0.15) is 54.4 Å². The number of alkyl halides is 2. The quantitative estimate of drug-likeness (QED) is 0.223.